The van der Waals surface area contributed by atoms with E-state index >= 15 is 0 Å². The van der Waals surface area contributed by atoms with Gasteiger partial charge in [-0.05, 0) is 19.1 Å². The SMILES string of the molecule is COc1ccc(NC(=O)[C@H](C)[NH+]2CCC(C(N)=O)CC2)cc1OC. The highest BCUT2D eigenvalue weighted by atomic mass is 16.5. The van der Waals surface area contributed by atoms with Crippen molar-refractivity contribution in [2.75, 3.05) is 32.6 Å². The van der Waals surface area contributed by atoms with E-state index in [2.05, 4.69) is 5.32 Å². The number of primary amides is 1. The third kappa shape index (κ3) is 4.17. The number of likely N-dealkylation sites (tertiary alicyclic amines) is 1. The molecule has 1 aliphatic heterocycles. The van der Waals surface area contributed by atoms with Gasteiger partial charge in [0.05, 0.1) is 27.3 Å². The number of carbonyl (C=O) groups is 2. The summed E-state index contributed by atoms with van der Waals surface area (Å²) in [5.41, 5.74) is 6.02. The number of ether oxygens (including phenoxy) is 2. The van der Waals surface area contributed by atoms with E-state index < -0.39 is 0 Å². The lowest BCUT2D eigenvalue weighted by molar-refractivity contribution is -0.919. The molecule has 0 unspecified atom stereocenters. The van der Waals surface area contributed by atoms with E-state index in [1.54, 1.807) is 32.4 Å². The summed E-state index contributed by atoms with van der Waals surface area (Å²) >= 11 is 0. The Morgan fingerprint density at radius 2 is 1.83 bits per heavy atom. The van der Waals surface area contributed by atoms with Crippen molar-refractivity contribution in [1.29, 1.82) is 0 Å². The molecule has 0 bridgehead atoms. The second-order valence-corrected chi connectivity index (χ2v) is 6.12. The number of rotatable bonds is 6. The molecule has 132 valence electrons. The summed E-state index contributed by atoms with van der Waals surface area (Å²) in [6, 6.07) is 5.07. The number of hydrogen-bond donors (Lipinski definition) is 3. The summed E-state index contributed by atoms with van der Waals surface area (Å²) in [5, 5.41) is 2.91. The van der Waals surface area contributed by atoms with Crippen LogP contribution in [0.25, 0.3) is 0 Å². The molecule has 1 saturated heterocycles. The first-order valence-electron chi connectivity index (χ1n) is 8.13. The molecule has 0 saturated carbocycles. The van der Waals surface area contributed by atoms with Gasteiger partial charge >= 0.3 is 0 Å². The highest BCUT2D eigenvalue weighted by Crippen LogP contribution is 2.29. The lowest BCUT2D eigenvalue weighted by Crippen LogP contribution is -3.17. The Bertz CT molecular complexity index is 597. The van der Waals surface area contributed by atoms with E-state index in [0.717, 1.165) is 25.9 Å². The highest BCUT2D eigenvalue weighted by Gasteiger charge is 2.32. The van der Waals surface area contributed by atoms with Crippen LogP contribution >= 0.6 is 0 Å². The molecule has 0 aromatic heterocycles. The van der Waals surface area contributed by atoms with Gasteiger partial charge in [-0.2, -0.15) is 0 Å². The normalized spacial score (nSPS) is 21.6. The van der Waals surface area contributed by atoms with Gasteiger partial charge in [-0.3, -0.25) is 9.59 Å². The van der Waals surface area contributed by atoms with Gasteiger partial charge in [0.2, 0.25) is 5.91 Å². The Balaban J connectivity index is 1.96. The molecule has 1 aromatic rings. The number of nitrogens with two attached hydrogens (primary N) is 1. The monoisotopic (exact) mass is 336 g/mol. The molecule has 1 aliphatic rings. The predicted molar refractivity (Wildman–Crippen MR) is 90.3 cm³/mol. The molecule has 1 aromatic carbocycles. The standard InChI is InChI=1S/C17H25N3O4/c1-11(20-8-6-12(7-9-20)16(18)21)17(22)19-13-4-5-14(23-2)15(10-13)24-3/h4-5,10-12H,6-9H2,1-3H3,(H2,18,21)(H,19,22)/p+1/t11-/m0/s1. The molecular weight excluding hydrogens is 310 g/mol. The number of methoxy groups -OCH3 is 2. The third-order valence-corrected chi connectivity index (χ3v) is 4.69. The average Bonchev–Trinajstić information content (AvgIpc) is 2.60. The molecule has 0 aliphatic carbocycles. The summed E-state index contributed by atoms with van der Waals surface area (Å²) < 4.78 is 10.4. The summed E-state index contributed by atoms with van der Waals surface area (Å²) in [4.78, 5) is 24.9. The van der Waals surface area contributed by atoms with Crippen molar-refractivity contribution in [2.45, 2.75) is 25.8 Å². The molecule has 2 amide bonds. The van der Waals surface area contributed by atoms with Gasteiger partial charge in [-0.15, -0.1) is 0 Å². The average molecular weight is 336 g/mol. The van der Waals surface area contributed by atoms with Crippen LogP contribution in [-0.2, 0) is 9.59 Å². The van der Waals surface area contributed by atoms with Gasteiger partial charge in [0, 0.05) is 30.5 Å². The minimum atomic E-state index is -0.239. The second-order valence-electron chi connectivity index (χ2n) is 6.12. The van der Waals surface area contributed by atoms with Crippen LogP contribution in [0.3, 0.4) is 0 Å². The molecule has 0 radical (unpaired) electrons. The molecule has 1 heterocycles. The largest absolute Gasteiger partial charge is 0.493 e. The smallest absolute Gasteiger partial charge is 0.282 e. The van der Waals surface area contributed by atoms with Gasteiger partial charge in [-0.1, -0.05) is 0 Å². The zero-order valence-corrected chi connectivity index (χ0v) is 14.4. The minimum absolute atomic E-state index is 0.0603. The number of benzene rings is 1. The van der Waals surface area contributed by atoms with Crippen molar-refractivity contribution >= 4 is 17.5 Å². The van der Waals surface area contributed by atoms with Crippen molar-refractivity contribution in [3.8, 4) is 11.5 Å². The molecule has 7 nitrogen and oxygen atoms in total. The molecule has 2 rings (SSSR count). The molecule has 4 N–H and O–H groups in total. The Morgan fingerprint density at radius 1 is 1.21 bits per heavy atom. The van der Waals surface area contributed by atoms with Crippen LogP contribution in [0.1, 0.15) is 19.8 Å². The zero-order valence-electron chi connectivity index (χ0n) is 14.4. The van der Waals surface area contributed by atoms with Crippen molar-refractivity contribution in [3.63, 3.8) is 0 Å². The number of nitrogens with one attached hydrogen (secondary N) is 2. The topological polar surface area (TPSA) is 95.1 Å². The number of quaternary nitrogens is 1. The quantitative estimate of drug-likeness (QED) is 0.671. The molecular formula is C17H26N3O4+. The fraction of sp³-hybridized carbons (Fsp3) is 0.529. The van der Waals surface area contributed by atoms with Crippen LogP contribution in [0.4, 0.5) is 5.69 Å². The van der Waals surface area contributed by atoms with Crippen LogP contribution in [0.15, 0.2) is 18.2 Å². The van der Waals surface area contributed by atoms with Crippen molar-refractivity contribution in [1.82, 2.24) is 0 Å². The fourth-order valence-electron chi connectivity index (χ4n) is 3.06. The molecule has 1 atom stereocenters. The summed E-state index contributed by atoms with van der Waals surface area (Å²) in [6.45, 7) is 3.44. The van der Waals surface area contributed by atoms with Gasteiger partial charge in [0.15, 0.2) is 17.5 Å². The molecule has 24 heavy (non-hydrogen) atoms. The number of hydrogen-bond acceptors (Lipinski definition) is 4. The van der Waals surface area contributed by atoms with E-state index in [1.165, 1.54) is 4.90 Å². The number of anilines is 1. The van der Waals surface area contributed by atoms with Gasteiger partial charge in [0.25, 0.3) is 5.91 Å². The lowest BCUT2D eigenvalue weighted by Gasteiger charge is -2.31. The van der Waals surface area contributed by atoms with E-state index in [0.29, 0.717) is 17.2 Å². The maximum atomic E-state index is 12.5. The van der Waals surface area contributed by atoms with Crippen molar-refractivity contribution in [3.05, 3.63) is 18.2 Å². The van der Waals surface area contributed by atoms with Gasteiger partial charge in [0.1, 0.15) is 0 Å². The Kier molecular flexibility index (Phi) is 6.03. The molecule has 7 heteroatoms. The number of amides is 2. The fourth-order valence-corrected chi connectivity index (χ4v) is 3.06. The van der Waals surface area contributed by atoms with E-state index in [9.17, 15) is 9.59 Å². The molecule has 0 spiro atoms. The van der Waals surface area contributed by atoms with Crippen molar-refractivity contribution < 1.29 is 24.0 Å². The maximum Gasteiger partial charge on any atom is 0.282 e. The van der Waals surface area contributed by atoms with Gasteiger partial charge in [-0.25, -0.2) is 0 Å². The number of carbonyl (C=O) groups excluding carboxylic acids is 2. The Morgan fingerprint density at radius 3 is 2.38 bits per heavy atom. The van der Waals surface area contributed by atoms with Crippen LogP contribution in [-0.4, -0.2) is 45.2 Å². The predicted octanol–water partition coefficient (Wildman–Crippen LogP) is -0.189. The zero-order chi connectivity index (χ0) is 17.7. The summed E-state index contributed by atoms with van der Waals surface area (Å²) in [6.07, 6.45) is 1.47. The second kappa shape index (κ2) is 8.01. The maximum absolute atomic E-state index is 12.5. The first-order valence-corrected chi connectivity index (χ1v) is 8.13. The van der Waals surface area contributed by atoms with Crippen LogP contribution < -0.4 is 25.4 Å². The Hall–Kier alpha value is -2.28. The first-order chi connectivity index (χ1) is 11.5. The number of piperidine rings is 1. The van der Waals surface area contributed by atoms with Crippen LogP contribution in [0, 0.1) is 5.92 Å². The molecule has 1 fully saturated rings. The summed E-state index contributed by atoms with van der Waals surface area (Å²) in [5.74, 6) is 0.821. The van der Waals surface area contributed by atoms with Crippen LogP contribution in [0.5, 0.6) is 11.5 Å². The van der Waals surface area contributed by atoms with Gasteiger partial charge < -0.3 is 25.4 Å². The Labute approximate surface area is 142 Å². The highest BCUT2D eigenvalue weighted by molar-refractivity contribution is 5.94. The van der Waals surface area contributed by atoms with Crippen LogP contribution in [0.2, 0.25) is 0 Å². The van der Waals surface area contributed by atoms with E-state index in [-0.39, 0.29) is 23.8 Å². The third-order valence-electron chi connectivity index (χ3n) is 4.69. The van der Waals surface area contributed by atoms with E-state index in [4.69, 9.17) is 15.2 Å². The minimum Gasteiger partial charge on any atom is -0.493 e. The lowest BCUT2D eigenvalue weighted by atomic mass is 9.95. The van der Waals surface area contributed by atoms with Crippen molar-refractivity contribution in [2.24, 2.45) is 11.7 Å². The first kappa shape index (κ1) is 18.1. The summed E-state index contributed by atoms with van der Waals surface area (Å²) in [7, 11) is 3.12. The van der Waals surface area contributed by atoms with E-state index in [1.807, 2.05) is 6.92 Å².